The lowest BCUT2D eigenvalue weighted by atomic mass is 10.1. The van der Waals surface area contributed by atoms with Gasteiger partial charge in [-0.25, -0.2) is 8.78 Å². The fourth-order valence-electron chi connectivity index (χ4n) is 2.24. The second-order valence-electron chi connectivity index (χ2n) is 6.41. The van der Waals surface area contributed by atoms with Crippen LogP contribution in [0.1, 0.15) is 58.8 Å². The molecule has 0 rings (SSSR count). The van der Waals surface area contributed by atoms with E-state index in [-0.39, 0.29) is 18.9 Å². The van der Waals surface area contributed by atoms with Crippen molar-refractivity contribution in [1.82, 2.24) is 0 Å². The van der Waals surface area contributed by atoms with Gasteiger partial charge in [0.05, 0.1) is 0 Å². The summed E-state index contributed by atoms with van der Waals surface area (Å²) in [4.78, 5) is 23.0. The number of alkyl halides is 8. The van der Waals surface area contributed by atoms with Crippen LogP contribution in [-0.4, -0.2) is 48.8 Å². The largest absolute Gasteiger partial charge is 0.462 e. The van der Waals surface area contributed by atoms with Gasteiger partial charge < -0.3 is 9.47 Å². The highest BCUT2D eigenvalue weighted by molar-refractivity contribution is 5.72. The maximum Gasteiger partial charge on any atom is 0.381 e. The number of ether oxygens (including phenoxy) is 2. The molecule has 0 unspecified atom stereocenters. The van der Waals surface area contributed by atoms with Crippen LogP contribution in [0, 0.1) is 0 Å². The maximum absolute atomic E-state index is 13.2. The van der Waals surface area contributed by atoms with E-state index in [2.05, 4.69) is 4.74 Å². The number of carbonyl (C=O) groups is 2. The molecule has 0 fully saturated rings. The smallest absolute Gasteiger partial charge is 0.381 e. The minimum absolute atomic E-state index is 0.224. The van der Waals surface area contributed by atoms with Gasteiger partial charge in [-0.2, -0.15) is 26.3 Å². The third-order valence-electron chi connectivity index (χ3n) is 3.85. The Labute approximate surface area is 162 Å². The molecule has 0 saturated carbocycles. The van der Waals surface area contributed by atoms with E-state index in [1.165, 1.54) is 0 Å². The predicted molar refractivity (Wildman–Crippen MR) is 85.4 cm³/mol. The molecule has 0 N–H and O–H groups in total. The Kier molecular flexibility index (Phi) is 10.9. The van der Waals surface area contributed by atoms with E-state index in [0.29, 0.717) is 12.8 Å². The van der Waals surface area contributed by atoms with Gasteiger partial charge in [-0.15, -0.1) is 0 Å². The minimum atomic E-state index is -6.44. The van der Waals surface area contributed by atoms with E-state index >= 15 is 0 Å². The molecule has 12 heteroatoms. The maximum atomic E-state index is 13.2. The average molecular weight is 444 g/mol. The van der Waals surface area contributed by atoms with Gasteiger partial charge in [0, 0.05) is 12.8 Å². The summed E-state index contributed by atoms with van der Waals surface area (Å²) in [7, 11) is 0. The van der Waals surface area contributed by atoms with E-state index in [1.54, 1.807) is 0 Å². The summed E-state index contributed by atoms with van der Waals surface area (Å²) in [6.45, 7) is 1.27. The molecular weight excluding hydrogens is 420 g/mol. The molecule has 0 aliphatic carbocycles. The average Bonchev–Trinajstić information content (AvgIpc) is 2.60. The van der Waals surface area contributed by atoms with Crippen LogP contribution in [0.5, 0.6) is 0 Å². The monoisotopic (exact) mass is 444 g/mol. The quantitative estimate of drug-likeness (QED) is 0.267. The molecule has 0 aromatic rings. The van der Waals surface area contributed by atoms with Crippen molar-refractivity contribution in [1.29, 1.82) is 0 Å². The lowest BCUT2D eigenvalue weighted by Gasteiger charge is -2.31. The van der Waals surface area contributed by atoms with Crippen LogP contribution in [0.2, 0.25) is 0 Å². The zero-order chi connectivity index (χ0) is 22.9. The van der Waals surface area contributed by atoms with Gasteiger partial charge in [-0.05, 0) is 19.3 Å². The summed E-state index contributed by atoms with van der Waals surface area (Å²) in [5.74, 6) is -20.6. The third kappa shape index (κ3) is 7.96. The summed E-state index contributed by atoms with van der Waals surface area (Å²) in [6, 6.07) is 0. The molecule has 0 aromatic heterocycles. The summed E-state index contributed by atoms with van der Waals surface area (Å²) >= 11 is 0. The van der Waals surface area contributed by atoms with Crippen LogP contribution in [0.4, 0.5) is 35.1 Å². The molecule has 172 valence electrons. The molecule has 0 spiro atoms. The van der Waals surface area contributed by atoms with Crippen LogP contribution < -0.4 is 0 Å². The van der Waals surface area contributed by atoms with Crippen molar-refractivity contribution >= 4 is 11.9 Å². The van der Waals surface area contributed by atoms with Gasteiger partial charge in [0.15, 0.2) is 6.61 Å². The lowest BCUT2D eigenvalue weighted by Crippen LogP contribution is -2.59. The van der Waals surface area contributed by atoms with Crippen molar-refractivity contribution in [3.05, 3.63) is 0 Å². The Morgan fingerprint density at radius 3 is 1.79 bits per heavy atom. The van der Waals surface area contributed by atoms with Crippen LogP contribution in [-0.2, 0) is 19.1 Å². The molecule has 0 amide bonds. The number of hydrogen-bond donors (Lipinski definition) is 0. The topological polar surface area (TPSA) is 52.6 Å². The van der Waals surface area contributed by atoms with Crippen molar-refractivity contribution < 1.29 is 54.2 Å². The second kappa shape index (κ2) is 11.5. The molecule has 0 bridgehead atoms. The molecule has 0 aromatic carbocycles. The highest BCUT2D eigenvalue weighted by atomic mass is 19.4. The first kappa shape index (κ1) is 27.4. The van der Waals surface area contributed by atoms with Gasteiger partial charge in [-0.3, -0.25) is 9.59 Å². The Balaban J connectivity index is 4.50. The fourth-order valence-corrected chi connectivity index (χ4v) is 2.24. The molecule has 0 heterocycles. The van der Waals surface area contributed by atoms with Crippen LogP contribution in [0.15, 0.2) is 0 Å². The third-order valence-corrected chi connectivity index (χ3v) is 3.85. The van der Waals surface area contributed by atoms with Crippen molar-refractivity contribution in [2.24, 2.45) is 0 Å². The summed E-state index contributed by atoms with van der Waals surface area (Å²) < 4.78 is 111. The number of hydrogen-bond acceptors (Lipinski definition) is 4. The Bertz CT molecular complexity index is 520. The number of carbonyl (C=O) groups excluding carboxylic acids is 2. The van der Waals surface area contributed by atoms with Gasteiger partial charge in [0.25, 0.3) is 0 Å². The predicted octanol–water partition coefficient (Wildman–Crippen LogP) is 5.38. The standard InChI is InChI=1S/C17H24F8O4/c1-3-6-11(7-4-2)29-13(27)9-5-8-12(26)28-10-15(20,21)17(24,25)16(22,23)14(18)19/h11,14H,3-10H2,1-2H3. The minimum Gasteiger partial charge on any atom is -0.462 e. The highest BCUT2D eigenvalue weighted by Gasteiger charge is 2.75. The molecule has 0 saturated heterocycles. The molecule has 0 atom stereocenters. The molecular formula is C17H24F8O4. The summed E-state index contributed by atoms with van der Waals surface area (Å²) in [6.07, 6.45) is -3.71. The normalized spacial score (nSPS) is 13.1. The van der Waals surface area contributed by atoms with Gasteiger partial charge >= 0.3 is 36.1 Å². The fraction of sp³-hybridized carbons (Fsp3) is 0.882. The van der Waals surface area contributed by atoms with Gasteiger partial charge in [0.1, 0.15) is 6.10 Å². The van der Waals surface area contributed by atoms with E-state index in [9.17, 15) is 44.7 Å². The SMILES string of the molecule is CCCC(CCC)OC(=O)CCCC(=O)OCC(F)(F)C(F)(F)C(F)(F)C(F)F. The molecule has 29 heavy (non-hydrogen) atoms. The van der Waals surface area contributed by atoms with Crippen molar-refractivity contribution in [2.45, 2.75) is 89.1 Å². The zero-order valence-corrected chi connectivity index (χ0v) is 16.0. The van der Waals surface area contributed by atoms with Crippen LogP contribution in [0.3, 0.4) is 0 Å². The van der Waals surface area contributed by atoms with Crippen LogP contribution >= 0.6 is 0 Å². The molecule has 4 nitrogen and oxygen atoms in total. The van der Waals surface area contributed by atoms with E-state index in [1.807, 2.05) is 13.8 Å². The Hall–Kier alpha value is -1.62. The second-order valence-corrected chi connectivity index (χ2v) is 6.41. The zero-order valence-electron chi connectivity index (χ0n) is 16.0. The number of esters is 2. The molecule has 0 radical (unpaired) electrons. The summed E-state index contributed by atoms with van der Waals surface area (Å²) in [5, 5.41) is 0. The van der Waals surface area contributed by atoms with Gasteiger partial charge in [0.2, 0.25) is 0 Å². The van der Waals surface area contributed by atoms with Crippen molar-refractivity contribution in [3.8, 4) is 0 Å². The Morgan fingerprint density at radius 2 is 1.34 bits per heavy atom. The van der Waals surface area contributed by atoms with E-state index in [4.69, 9.17) is 4.74 Å². The van der Waals surface area contributed by atoms with Crippen molar-refractivity contribution in [3.63, 3.8) is 0 Å². The summed E-state index contributed by atoms with van der Waals surface area (Å²) in [5.41, 5.74) is 0. The number of halogens is 8. The Morgan fingerprint density at radius 1 is 0.862 bits per heavy atom. The lowest BCUT2D eigenvalue weighted by molar-refractivity contribution is -0.344. The first-order valence-electron chi connectivity index (χ1n) is 8.99. The van der Waals surface area contributed by atoms with Crippen molar-refractivity contribution in [2.75, 3.05) is 6.61 Å². The van der Waals surface area contributed by atoms with E-state index < -0.39 is 49.2 Å². The van der Waals surface area contributed by atoms with Crippen LogP contribution in [0.25, 0.3) is 0 Å². The highest BCUT2D eigenvalue weighted by Crippen LogP contribution is 2.48. The van der Waals surface area contributed by atoms with Gasteiger partial charge in [-0.1, -0.05) is 26.7 Å². The first-order chi connectivity index (χ1) is 13.2. The molecule has 0 aliphatic heterocycles. The molecule has 0 aliphatic rings. The van der Waals surface area contributed by atoms with E-state index in [0.717, 1.165) is 12.8 Å². The number of rotatable bonds is 14. The first-order valence-corrected chi connectivity index (χ1v) is 8.99.